The average molecular weight is 333 g/mol. The number of aromatic nitrogens is 2. The smallest absolute Gasteiger partial charge is 0.382 e. The van der Waals surface area contributed by atoms with Crippen molar-refractivity contribution in [3.05, 3.63) is 58.1 Å². The number of halogens is 4. The lowest BCUT2D eigenvalue weighted by Crippen LogP contribution is -2.09. The lowest BCUT2D eigenvalue weighted by atomic mass is 10.0. The maximum atomic E-state index is 12.6. The summed E-state index contributed by atoms with van der Waals surface area (Å²) in [4.78, 5) is 7.65. The van der Waals surface area contributed by atoms with Gasteiger partial charge in [0.25, 0.3) is 0 Å². The van der Waals surface area contributed by atoms with Crippen LogP contribution in [-0.2, 0) is 6.18 Å². The molecule has 1 aromatic heterocycles. The van der Waals surface area contributed by atoms with E-state index in [0.717, 1.165) is 12.1 Å². The van der Waals surface area contributed by atoms with E-state index in [9.17, 15) is 18.3 Å². The van der Waals surface area contributed by atoms with Crippen LogP contribution in [0.4, 0.5) is 13.2 Å². The van der Waals surface area contributed by atoms with Crippen LogP contribution in [0.1, 0.15) is 22.9 Å². The normalized spacial score (nSPS) is 13.3. The van der Waals surface area contributed by atoms with Gasteiger partial charge in [-0.1, -0.05) is 15.9 Å². The highest BCUT2D eigenvalue weighted by Gasteiger charge is 2.31. The zero-order valence-corrected chi connectivity index (χ0v) is 11.0. The van der Waals surface area contributed by atoms with Crippen LogP contribution in [0.2, 0.25) is 0 Å². The second-order valence-electron chi connectivity index (χ2n) is 3.77. The van der Waals surface area contributed by atoms with Crippen molar-refractivity contribution in [3.8, 4) is 0 Å². The van der Waals surface area contributed by atoms with E-state index in [1.165, 1.54) is 24.7 Å². The highest BCUT2D eigenvalue weighted by atomic mass is 79.9. The molecule has 0 amide bonds. The summed E-state index contributed by atoms with van der Waals surface area (Å²) < 4.78 is 38.3. The zero-order valence-electron chi connectivity index (χ0n) is 9.39. The van der Waals surface area contributed by atoms with Crippen molar-refractivity contribution in [2.75, 3.05) is 0 Å². The quantitative estimate of drug-likeness (QED) is 0.917. The van der Waals surface area contributed by atoms with Gasteiger partial charge in [-0.3, -0.25) is 9.97 Å². The van der Waals surface area contributed by atoms with Crippen LogP contribution in [0.15, 0.2) is 41.3 Å². The van der Waals surface area contributed by atoms with E-state index in [4.69, 9.17) is 0 Å². The van der Waals surface area contributed by atoms with Crippen molar-refractivity contribution < 1.29 is 18.3 Å². The fourth-order valence-electron chi connectivity index (χ4n) is 1.54. The highest BCUT2D eigenvalue weighted by molar-refractivity contribution is 9.10. The summed E-state index contributed by atoms with van der Waals surface area (Å²) in [6.07, 6.45) is -1.66. The van der Waals surface area contributed by atoms with Crippen LogP contribution >= 0.6 is 15.9 Å². The SMILES string of the molecule is OC(c1cnccn1)c1cc(C(F)(F)F)ccc1Br. The van der Waals surface area contributed by atoms with E-state index < -0.39 is 17.8 Å². The molecule has 0 aliphatic rings. The third-order valence-electron chi connectivity index (χ3n) is 2.48. The molecule has 1 aromatic carbocycles. The monoisotopic (exact) mass is 332 g/mol. The fraction of sp³-hybridized carbons (Fsp3) is 0.167. The van der Waals surface area contributed by atoms with Gasteiger partial charge in [0.05, 0.1) is 17.5 Å². The van der Waals surface area contributed by atoms with Crippen molar-refractivity contribution in [2.45, 2.75) is 12.3 Å². The summed E-state index contributed by atoms with van der Waals surface area (Å²) in [5, 5.41) is 10.1. The Kier molecular flexibility index (Phi) is 3.86. The molecule has 1 heterocycles. The molecule has 2 aromatic rings. The molecule has 1 unspecified atom stereocenters. The van der Waals surface area contributed by atoms with E-state index in [2.05, 4.69) is 25.9 Å². The Bertz CT molecular complexity index is 575. The van der Waals surface area contributed by atoms with Crippen LogP contribution in [-0.4, -0.2) is 15.1 Å². The second-order valence-corrected chi connectivity index (χ2v) is 4.62. The van der Waals surface area contributed by atoms with E-state index in [-0.39, 0.29) is 11.3 Å². The molecule has 1 N–H and O–H groups in total. The van der Waals surface area contributed by atoms with Gasteiger partial charge in [-0.15, -0.1) is 0 Å². The molecule has 0 saturated heterocycles. The van der Waals surface area contributed by atoms with Crippen molar-refractivity contribution in [2.24, 2.45) is 0 Å². The molecular formula is C12H8BrF3N2O. The van der Waals surface area contributed by atoms with Crippen LogP contribution in [0.3, 0.4) is 0 Å². The molecule has 1 atom stereocenters. The molecule has 0 saturated carbocycles. The van der Waals surface area contributed by atoms with Gasteiger partial charge in [0.15, 0.2) is 0 Å². The van der Waals surface area contributed by atoms with Gasteiger partial charge in [0.2, 0.25) is 0 Å². The minimum absolute atomic E-state index is 0.0929. The molecule has 3 nitrogen and oxygen atoms in total. The number of alkyl halides is 3. The molecule has 0 fully saturated rings. The van der Waals surface area contributed by atoms with Crippen LogP contribution in [0.25, 0.3) is 0 Å². The Hall–Kier alpha value is -1.47. The first-order valence-corrected chi connectivity index (χ1v) is 5.99. The zero-order chi connectivity index (χ0) is 14.0. The van der Waals surface area contributed by atoms with E-state index in [1.54, 1.807) is 0 Å². The molecule has 0 bridgehead atoms. The Labute approximate surface area is 115 Å². The summed E-state index contributed by atoms with van der Waals surface area (Å²) >= 11 is 3.12. The number of aliphatic hydroxyl groups excluding tert-OH is 1. The number of aliphatic hydroxyl groups is 1. The summed E-state index contributed by atoms with van der Waals surface area (Å²) in [5.74, 6) is 0. The summed E-state index contributed by atoms with van der Waals surface area (Å²) in [6, 6.07) is 3.08. The van der Waals surface area contributed by atoms with Crippen molar-refractivity contribution in [1.29, 1.82) is 0 Å². The molecule has 0 radical (unpaired) electrons. The topological polar surface area (TPSA) is 46.0 Å². The van der Waals surface area contributed by atoms with Gasteiger partial charge in [-0.2, -0.15) is 13.2 Å². The molecule has 0 aliphatic heterocycles. The maximum absolute atomic E-state index is 12.6. The molecule has 19 heavy (non-hydrogen) atoms. The van der Waals surface area contributed by atoms with Gasteiger partial charge in [0, 0.05) is 22.4 Å². The summed E-state index contributed by atoms with van der Waals surface area (Å²) in [7, 11) is 0. The van der Waals surface area contributed by atoms with Gasteiger partial charge in [-0.25, -0.2) is 0 Å². The van der Waals surface area contributed by atoms with E-state index in [0.29, 0.717) is 4.47 Å². The Balaban J connectivity index is 2.45. The number of hydrogen-bond acceptors (Lipinski definition) is 3. The van der Waals surface area contributed by atoms with Crippen LogP contribution in [0.5, 0.6) is 0 Å². The standard InChI is InChI=1S/C12H8BrF3N2O/c13-9-2-1-7(12(14,15)16)5-8(9)11(19)10-6-17-3-4-18-10/h1-6,11,19H. The Morgan fingerprint density at radius 1 is 1.21 bits per heavy atom. The van der Waals surface area contributed by atoms with Crippen molar-refractivity contribution >= 4 is 15.9 Å². The first-order valence-electron chi connectivity index (χ1n) is 5.20. The third kappa shape index (κ3) is 3.10. The largest absolute Gasteiger partial charge is 0.416 e. The van der Waals surface area contributed by atoms with E-state index >= 15 is 0 Å². The van der Waals surface area contributed by atoms with Crippen molar-refractivity contribution in [1.82, 2.24) is 9.97 Å². The minimum atomic E-state index is -4.46. The predicted octanol–water partition coefficient (Wildman–Crippen LogP) is 3.34. The maximum Gasteiger partial charge on any atom is 0.416 e. The number of hydrogen-bond donors (Lipinski definition) is 1. The molecule has 100 valence electrons. The van der Waals surface area contributed by atoms with Gasteiger partial charge >= 0.3 is 6.18 Å². The van der Waals surface area contributed by atoms with Gasteiger partial charge in [-0.05, 0) is 18.2 Å². The van der Waals surface area contributed by atoms with Gasteiger partial charge < -0.3 is 5.11 Å². The van der Waals surface area contributed by atoms with Crippen molar-refractivity contribution in [3.63, 3.8) is 0 Å². The Morgan fingerprint density at radius 2 is 1.95 bits per heavy atom. The second kappa shape index (κ2) is 5.26. The Morgan fingerprint density at radius 3 is 2.53 bits per heavy atom. The third-order valence-corrected chi connectivity index (χ3v) is 3.20. The number of rotatable bonds is 2. The first-order chi connectivity index (χ1) is 8.89. The minimum Gasteiger partial charge on any atom is -0.382 e. The molecule has 0 aliphatic carbocycles. The molecular weight excluding hydrogens is 325 g/mol. The van der Waals surface area contributed by atoms with Gasteiger partial charge in [0.1, 0.15) is 6.10 Å². The fourth-order valence-corrected chi connectivity index (χ4v) is 2.00. The molecule has 0 spiro atoms. The van der Waals surface area contributed by atoms with Crippen LogP contribution in [0, 0.1) is 0 Å². The number of nitrogens with zero attached hydrogens (tertiary/aromatic N) is 2. The molecule has 2 rings (SSSR count). The predicted molar refractivity (Wildman–Crippen MR) is 65.2 cm³/mol. The highest BCUT2D eigenvalue weighted by Crippen LogP contribution is 2.35. The summed E-state index contributed by atoms with van der Waals surface area (Å²) in [5.41, 5.74) is -0.550. The van der Waals surface area contributed by atoms with E-state index in [1.807, 2.05) is 0 Å². The lowest BCUT2D eigenvalue weighted by molar-refractivity contribution is -0.137. The average Bonchev–Trinajstić information content (AvgIpc) is 2.38. The molecule has 7 heteroatoms. The summed E-state index contributed by atoms with van der Waals surface area (Å²) in [6.45, 7) is 0. The number of benzene rings is 1. The van der Waals surface area contributed by atoms with Crippen LogP contribution < -0.4 is 0 Å². The first kappa shape index (κ1) is 14.0. The lowest BCUT2D eigenvalue weighted by Gasteiger charge is -2.14.